The Bertz CT molecular complexity index is 1590. The number of dihydropyridines is 1. The normalized spacial score (nSPS) is 24.4. The number of benzene rings is 1. The third kappa shape index (κ3) is 6.99. The molecule has 3 unspecified atom stereocenters. The first kappa shape index (κ1) is 34.4. The molecular formula is C34H39Cl2N5O6S. The van der Waals surface area contributed by atoms with Crippen LogP contribution in [0.4, 0.5) is 0 Å². The molecule has 11 nitrogen and oxygen atoms in total. The summed E-state index contributed by atoms with van der Waals surface area (Å²) in [7, 11) is 2.53. The number of aromatic nitrogens is 1. The number of hydrogen-bond acceptors (Lipinski definition) is 10. The van der Waals surface area contributed by atoms with Crippen molar-refractivity contribution in [2.45, 2.75) is 44.1 Å². The standard InChI is InChI=1S/C34H39Cl2N5O6S/c1-46-33(44)30-25(6-7-27-37-8-13-48-27)38-26(31(34(45)47-2)32(30)29-23(35)4-3-5-24(29)36)16-28(43)41-11-9-40(10-12-41)22-14-20-17-39(19-42)18-21(20)15-22/h3-5,8,13,19-22,32,38H,6-7,9-12,14-18H2,1-2H3. The van der Waals surface area contributed by atoms with E-state index in [9.17, 15) is 19.2 Å². The van der Waals surface area contributed by atoms with Crippen molar-refractivity contribution < 1.29 is 28.7 Å². The molecule has 0 radical (unpaired) electrons. The van der Waals surface area contributed by atoms with Crippen molar-refractivity contribution >= 4 is 58.8 Å². The second-order valence-electron chi connectivity index (χ2n) is 12.7. The molecule has 2 amide bonds. The molecule has 0 spiro atoms. The molecule has 1 N–H and O–H groups in total. The van der Waals surface area contributed by atoms with Gasteiger partial charge in [0.05, 0.1) is 42.7 Å². The van der Waals surface area contributed by atoms with Gasteiger partial charge in [0, 0.05) is 90.3 Å². The molecule has 48 heavy (non-hydrogen) atoms. The monoisotopic (exact) mass is 715 g/mol. The first-order chi connectivity index (χ1) is 23.2. The zero-order valence-electron chi connectivity index (χ0n) is 27.0. The largest absolute Gasteiger partial charge is 0.466 e. The lowest BCUT2D eigenvalue weighted by Crippen LogP contribution is -2.52. The van der Waals surface area contributed by atoms with E-state index in [2.05, 4.69) is 15.2 Å². The number of likely N-dealkylation sites (tertiary alicyclic amines) is 1. The number of nitrogens with zero attached hydrogens (tertiary/aromatic N) is 4. The van der Waals surface area contributed by atoms with Gasteiger partial charge in [-0.25, -0.2) is 14.6 Å². The van der Waals surface area contributed by atoms with Gasteiger partial charge in [0.25, 0.3) is 0 Å². The predicted molar refractivity (Wildman–Crippen MR) is 181 cm³/mol. The van der Waals surface area contributed by atoms with E-state index in [4.69, 9.17) is 32.7 Å². The summed E-state index contributed by atoms with van der Waals surface area (Å²) in [5.74, 6) is -1.46. The van der Waals surface area contributed by atoms with E-state index in [-0.39, 0.29) is 33.5 Å². The minimum atomic E-state index is -1.05. The van der Waals surface area contributed by atoms with E-state index in [0.717, 1.165) is 50.4 Å². The van der Waals surface area contributed by atoms with Gasteiger partial charge in [-0.3, -0.25) is 14.5 Å². The Labute approximate surface area is 293 Å². The van der Waals surface area contributed by atoms with Crippen LogP contribution in [0.1, 0.15) is 42.2 Å². The van der Waals surface area contributed by atoms with Gasteiger partial charge in [0.15, 0.2) is 0 Å². The predicted octanol–water partition coefficient (Wildman–Crippen LogP) is 4.02. The Kier molecular flexibility index (Phi) is 10.7. The van der Waals surface area contributed by atoms with Crippen LogP contribution < -0.4 is 5.32 Å². The van der Waals surface area contributed by atoms with E-state index in [1.54, 1.807) is 24.4 Å². The van der Waals surface area contributed by atoms with Crippen LogP contribution in [0, 0.1) is 11.8 Å². The molecule has 3 fully saturated rings. The van der Waals surface area contributed by atoms with Crippen LogP contribution in [0.2, 0.25) is 10.0 Å². The van der Waals surface area contributed by atoms with Crippen molar-refractivity contribution in [1.82, 2.24) is 25.0 Å². The number of methoxy groups -OCH3 is 2. The average molecular weight is 717 g/mol. The van der Waals surface area contributed by atoms with Crippen LogP contribution in [0.15, 0.2) is 52.3 Å². The molecule has 1 aromatic heterocycles. The van der Waals surface area contributed by atoms with Crippen LogP contribution in [-0.4, -0.2) is 103 Å². The number of ether oxygens (including phenoxy) is 2. The fourth-order valence-corrected chi connectivity index (χ4v) is 9.06. The lowest BCUT2D eigenvalue weighted by atomic mass is 9.78. The average Bonchev–Trinajstić information content (AvgIpc) is 3.84. The zero-order valence-corrected chi connectivity index (χ0v) is 29.3. The molecule has 256 valence electrons. The second-order valence-corrected chi connectivity index (χ2v) is 14.5. The molecular weight excluding hydrogens is 677 g/mol. The highest BCUT2D eigenvalue weighted by atomic mass is 35.5. The number of amides is 2. The summed E-state index contributed by atoms with van der Waals surface area (Å²) in [6, 6.07) is 5.43. The number of fused-ring (bicyclic) bond motifs is 1. The Morgan fingerprint density at radius 1 is 0.958 bits per heavy atom. The maximum absolute atomic E-state index is 14.0. The minimum Gasteiger partial charge on any atom is -0.466 e. The Hall–Kier alpha value is -3.45. The molecule has 6 rings (SSSR count). The summed E-state index contributed by atoms with van der Waals surface area (Å²) in [5.41, 5.74) is 1.44. The maximum atomic E-state index is 14.0. The van der Waals surface area contributed by atoms with Gasteiger partial charge in [-0.2, -0.15) is 0 Å². The maximum Gasteiger partial charge on any atom is 0.336 e. The minimum absolute atomic E-state index is 0.0831. The van der Waals surface area contributed by atoms with Crippen molar-refractivity contribution in [2.75, 3.05) is 53.5 Å². The summed E-state index contributed by atoms with van der Waals surface area (Å²) < 4.78 is 10.5. The Morgan fingerprint density at radius 2 is 1.58 bits per heavy atom. The summed E-state index contributed by atoms with van der Waals surface area (Å²) in [6.45, 7) is 4.32. The number of hydrogen-bond donors (Lipinski definition) is 1. The van der Waals surface area contributed by atoms with E-state index >= 15 is 0 Å². The van der Waals surface area contributed by atoms with Crippen LogP contribution >= 0.6 is 34.5 Å². The number of carbonyl (C=O) groups is 4. The lowest BCUT2D eigenvalue weighted by Gasteiger charge is -2.39. The van der Waals surface area contributed by atoms with Crippen molar-refractivity contribution in [3.63, 3.8) is 0 Å². The molecule has 1 aromatic carbocycles. The molecule has 4 aliphatic rings. The second kappa shape index (κ2) is 15.0. The molecule has 4 heterocycles. The Balaban J connectivity index is 1.27. The van der Waals surface area contributed by atoms with Crippen LogP contribution in [0.25, 0.3) is 0 Å². The number of allylic oxidation sites excluding steroid dienone is 1. The summed E-state index contributed by atoms with van der Waals surface area (Å²) in [4.78, 5) is 62.9. The molecule has 3 aliphatic heterocycles. The molecule has 2 aromatic rings. The van der Waals surface area contributed by atoms with E-state index in [1.165, 1.54) is 25.6 Å². The van der Waals surface area contributed by atoms with Gasteiger partial charge in [0.2, 0.25) is 12.3 Å². The fourth-order valence-electron chi connectivity index (χ4n) is 7.82. The van der Waals surface area contributed by atoms with E-state index in [1.807, 2.05) is 15.2 Å². The number of rotatable bonds is 10. The SMILES string of the molecule is COC(=O)C1=C(CCc2nccs2)NC(CC(=O)N2CCN(C3CC4CN(C=O)CC4C3)CC2)=C(C(=O)OC)C1c1c(Cl)cccc1Cl. The van der Waals surface area contributed by atoms with Crippen molar-refractivity contribution in [3.8, 4) is 0 Å². The van der Waals surface area contributed by atoms with Gasteiger partial charge >= 0.3 is 11.9 Å². The van der Waals surface area contributed by atoms with Crippen LogP contribution in [-0.2, 0) is 35.1 Å². The van der Waals surface area contributed by atoms with E-state index in [0.29, 0.717) is 60.8 Å². The molecule has 2 saturated heterocycles. The molecule has 1 saturated carbocycles. The topological polar surface area (TPSA) is 121 Å². The van der Waals surface area contributed by atoms with Gasteiger partial charge in [-0.15, -0.1) is 11.3 Å². The Morgan fingerprint density at radius 3 is 2.15 bits per heavy atom. The molecule has 14 heteroatoms. The van der Waals surface area contributed by atoms with Crippen molar-refractivity contribution in [2.24, 2.45) is 11.8 Å². The summed E-state index contributed by atoms with van der Waals surface area (Å²) in [6.07, 6.45) is 5.58. The quantitative estimate of drug-likeness (QED) is 0.287. The molecule has 1 aliphatic carbocycles. The zero-order chi connectivity index (χ0) is 33.9. The third-order valence-corrected chi connectivity index (χ3v) is 11.6. The first-order valence-electron chi connectivity index (χ1n) is 16.2. The van der Waals surface area contributed by atoms with Gasteiger partial charge < -0.3 is 24.6 Å². The number of thiazole rings is 1. The first-order valence-corrected chi connectivity index (χ1v) is 17.8. The van der Waals surface area contributed by atoms with Crippen molar-refractivity contribution in [1.29, 1.82) is 0 Å². The van der Waals surface area contributed by atoms with Gasteiger partial charge in [0.1, 0.15) is 0 Å². The number of nitrogens with one attached hydrogen (secondary N) is 1. The fraction of sp³-hybridized carbons (Fsp3) is 0.500. The number of carbonyl (C=O) groups excluding carboxylic acids is 4. The highest BCUT2D eigenvalue weighted by Gasteiger charge is 2.44. The lowest BCUT2D eigenvalue weighted by molar-refractivity contribution is -0.137. The highest BCUT2D eigenvalue weighted by molar-refractivity contribution is 7.09. The number of esters is 2. The third-order valence-electron chi connectivity index (χ3n) is 10.1. The number of halogens is 2. The van der Waals surface area contributed by atoms with E-state index < -0.39 is 17.9 Å². The number of piperazine rings is 1. The molecule has 3 atom stereocenters. The smallest absolute Gasteiger partial charge is 0.336 e. The molecule has 0 bridgehead atoms. The highest BCUT2D eigenvalue weighted by Crippen LogP contribution is 2.46. The summed E-state index contributed by atoms with van der Waals surface area (Å²) in [5, 5.41) is 6.56. The van der Waals surface area contributed by atoms with Gasteiger partial charge in [-0.1, -0.05) is 29.3 Å². The van der Waals surface area contributed by atoms with Crippen molar-refractivity contribution in [3.05, 3.63) is 72.9 Å². The van der Waals surface area contributed by atoms with Crippen LogP contribution in [0.3, 0.4) is 0 Å². The number of aryl methyl sites for hydroxylation is 1. The summed E-state index contributed by atoms with van der Waals surface area (Å²) >= 11 is 14.9. The van der Waals surface area contributed by atoms with Crippen LogP contribution in [0.5, 0.6) is 0 Å². The van der Waals surface area contributed by atoms with Gasteiger partial charge in [-0.05, 0) is 43.2 Å².